The number of carbonyl (C=O) groups excluding carboxylic acids is 1. The molecule has 1 heterocycles. The van der Waals surface area contributed by atoms with Gasteiger partial charge in [-0.05, 0) is 37.3 Å². The van der Waals surface area contributed by atoms with Crippen molar-refractivity contribution in [2.24, 2.45) is 5.10 Å². The molecule has 24 heavy (non-hydrogen) atoms. The minimum Gasteiger partial charge on any atom is -0.507 e. The molecule has 0 unspecified atom stereocenters. The number of benzene rings is 2. The molecule has 0 saturated heterocycles. The summed E-state index contributed by atoms with van der Waals surface area (Å²) >= 11 is 0. The Balaban J connectivity index is 1.98. The molecule has 6 heteroatoms. The van der Waals surface area contributed by atoms with Gasteiger partial charge in [-0.2, -0.15) is 5.10 Å². The molecule has 120 valence electrons. The predicted molar refractivity (Wildman–Crippen MR) is 90.3 cm³/mol. The lowest BCUT2D eigenvalue weighted by atomic mass is 10.1. The lowest BCUT2D eigenvalue weighted by Crippen LogP contribution is -2.19. The minimum atomic E-state index is -0.532. The zero-order valence-corrected chi connectivity index (χ0v) is 12.8. The van der Waals surface area contributed by atoms with Crippen molar-refractivity contribution in [2.75, 3.05) is 0 Å². The van der Waals surface area contributed by atoms with Crippen molar-refractivity contribution in [3.05, 3.63) is 76.1 Å². The van der Waals surface area contributed by atoms with Crippen LogP contribution in [0.4, 0.5) is 0 Å². The van der Waals surface area contributed by atoms with Crippen molar-refractivity contribution in [1.82, 2.24) is 5.43 Å². The van der Waals surface area contributed by atoms with Crippen molar-refractivity contribution in [3.63, 3.8) is 0 Å². The van der Waals surface area contributed by atoms with Gasteiger partial charge in [-0.15, -0.1) is 0 Å². The highest BCUT2D eigenvalue weighted by molar-refractivity contribution is 6.10. The van der Waals surface area contributed by atoms with E-state index < -0.39 is 5.63 Å². The Bertz CT molecular complexity index is 991. The van der Waals surface area contributed by atoms with Gasteiger partial charge >= 0.3 is 5.63 Å². The SMILES string of the molecule is C/C(=N\NC(=O)c1ccccc1)c1c(O)ccc2ccc(=O)oc12. The van der Waals surface area contributed by atoms with Crippen molar-refractivity contribution in [3.8, 4) is 5.75 Å². The highest BCUT2D eigenvalue weighted by Crippen LogP contribution is 2.26. The molecule has 0 spiro atoms. The lowest BCUT2D eigenvalue weighted by Gasteiger charge is -2.07. The van der Waals surface area contributed by atoms with Crippen LogP contribution in [0.3, 0.4) is 0 Å². The summed E-state index contributed by atoms with van der Waals surface area (Å²) in [6.07, 6.45) is 0. The van der Waals surface area contributed by atoms with Gasteiger partial charge in [-0.3, -0.25) is 4.79 Å². The molecule has 0 saturated carbocycles. The van der Waals surface area contributed by atoms with Crippen molar-refractivity contribution >= 4 is 22.6 Å². The monoisotopic (exact) mass is 322 g/mol. The molecule has 1 aromatic heterocycles. The molecule has 6 nitrogen and oxygen atoms in total. The number of nitrogens with zero attached hydrogens (tertiary/aromatic N) is 1. The van der Waals surface area contributed by atoms with Crippen LogP contribution in [-0.4, -0.2) is 16.7 Å². The Morgan fingerprint density at radius 3 is 2.54 bits per heavy atom. The minimum absolute atomic E-state index is 0.0907. The number of aromatic hydroxyl groups is 1. The first-order chi connectivity index (χ1) is 11.6. The van der Waals surface area contributed by atoms with Gasteiger partial charge in [-0.1, -0.05) is 18.2 Å². The fourth-order valence-electron chi connectivity index (χ4n) is 2.32. The second-order valence-electron chi connectivity index (χ2n) is 5.14. The van der Waals surface area contributed by atoms with Gasteiger partial charge in [0.1, 0.15) is 5.75 Å². The first-order valence-electron chi connectivity index (χ1n) is 7.22. The van der Waals surface area contributed by atoms with Gasteiger partial charge in [0.25, 0.3) is 5.91 Å². The number of carbonyl (C=O) groups is 1. The summed E-state index contributed by atoms with van der Waals surface area (Å²) in [7, 11) is 0. The third kappa shape index (κ3) is 3.03. The number of amides is 1. The van der Waals surface area contributed by atoms with Gasteiger partial charge in [0.05, 0.1) is 11.3 Å². The maximum Gasteiger partial charge on any atom is 0.336 e. The standard InChI is InChI=1S/C18H14N2O4/c1-11(19-20-18(23)13-5-3-2-4-6-13)16-14(21)9-7-12-8-10-15(22)24-17(12)16/h2-10,21H,1H3,(H,20,23)/b19-11+. The molecular formula is C18H14N2O4. The molecule has 0 fully saturated rings. The number of phenols is 1. The fraction of sp³-hybridized carbons (Fsp3) is 0.0556. The number of hydrogen-bond acceptors (Lipinski definition) is 5. The van der Waals surface area contributed by atoms with Crippen LogP contribution >= 0.6 is 0 Å². The highest BCUT2D eigenvalue weighted by atomic mass is 16.4. The Hall–Kier alpha value is -3.41. The summed E-state index contributed by atoms with van der Waals surface area (Å²) in [4.78, 5) is 23.5. The molecule has 3 rings (SSSR count). The van der Waals surface area contributed by atoms with Crippen LogP contribution in [-0.2, 0) is 0 Å². The lowest BCUT2D eigenvalue weighted by molar-refractivity contribution is 0.0955. The van der Waals surface area contributed by atoms with Crippen LogP contribution in [0.2, 0.25) is 0 Å². The number of nitrogens with one attached hydrogen (secondary N) is 1. The summed E-state index contributed by atoms with van der Waals surface area (Å²) < 4.78 is 5.18. The van der Waals surface area contributed by atoms with E-state index in [4.69, 9.17) is 4.42 Å². The number of rotatable bonds is 3. The molecular weight excluding hydrogens is 308 g/mol. The van der Waals surface area contributed by atoms with Gasteiger partial charge in [0.15, 0.2) is 5.58 Å². The summed E-state index contributed by atoms with van der Waals surface area (Å²) in [6, 6.07) is 14.6. The molecule has 0 radical (unpaired) electrons. The van der Waals surface area contributed by atoms with E-state index in [-0.39, 0.29) is 22.8 Å². The van der Waals surface area contributed by atoms with E-state index in [1.54, 1.807) is 43.3 Å². The second kappa shape index (κ2) is 6.37. The summed E-state index contributed by atoms with van der Waals surface area (Å²) in [5, 5.41) is 14.7. The van der Waals surface area contributed by atoms with Gasteiger partial charge in [0, 0.05) is 17.0 Å². The third-order valence-electron chi connectivity index (χ3n) is 3.49. The Morgan fingerprint density at radius 2 is 1.79 bits per heavy atom. The predicted octanol–water partition coefficient (Wildman–Crippen LogP) is 2.65. The van der Waals surface area contributed by atoms with Crippen molar-refractivity contribution < 1.29 is 14.3 Å². The molecule has 3 aromatic rings. The molecule has 1 amide bonds. The number of hydrogen-bond donors (Lipinski definition) is 2. The van der Waals surface area contributed by atoms with Crippen molar-refractivity contribution in [1.29, 1.82) is 0 Å². The van der Waals surface area contributed by atoms with Crippen LogP contribution in [0.5, 0.6) is 5.75 Å². The van der Waals surface area contributed by atoms with E-state index in [1.807, 2.05) is 6.07 Å². The average Bonchev–Trinajstić information content (AvgIpc) is 2.60. The zero-order chi connectivity index (χ0) is 17.1. The summed E-state index contributed by atoms with van der Waals surface area (Å²) in [6.45, 7) is 1.60. The van der Waals surface area contributed by atoms with E-state index in [1.165, 1.54) is 12.1 Å². The van der Waals surface area contributed by atoms with E-state index in [9.17, 15) is 14.7 Å². The highest BCUT2D eigenvalue weighted by Gasteiger charge is 2.13. The largest absolute Gasteiger partial charge is 0.507 e. The Morgan fingerprint density at radius 1 is 1.08 bits per heavy atom. The smallest absolute Gasteiger partial charge is 0.336 e. The molecule has 2 N–H and O–H groups in total. The topological polar surface area (TPSA) is 91.9 Å². The number of phenolic OH excluding ortho intramolecular Hbond substituents is 1. The van der Waals surface area contributed by atoms with Crippen LogP contribution in [0, 0.1) is 0 Å². The van der Waals surface area contributed by atoms with Crippen molar-refractivity contribution in [2.45, 2.75) is 6.92 Å². The molecule has 0 aliphatic heterocycles. The molecule has 0 aliphatic carbocycles. The summed E-state index contributed by atoms with van der Waals surface area (Å²) in [5.41, 5.74) is 3.15. The van der Waals surface area contributed by atoms with Gasteiger partial charge < -0.3 is 9.52 Å². The first-order valence-corrected chi connectivity index (χ1v) is 7.22. The van der Waals surface area contributed by atoms with E-state index in [0.29, 0.717) is 16.7 Å². The zero-order valence-electron chi connectivity index (χ0n) is 12.8. The Kier molecular flexibility index (Phi) is 4.11. The quantitative estimate of drug-likeness (QED) is 0.440. The second-order valence-corrected chi connectivity index (χ2v) is 5.14. The van der Waals surface area contributed by atoms with Gasteiger partial charge in [0.2, 0.25) is 0 Å². The fourth-order valence-corrected chi connectivity index (χ4v) is 2.32. The number of hydrazone groups is 1. The van der Waals surface area contributed by atoms with E-state index in [0.717, 1.165) is 0 Å². The average molecular weight is 322 g/mol. The van der Waals surface area contributed by atoms with E-state index >= 15 is 0 Å². The molecule has 2 aromatic carbocycles. The van der Waals surface area contributed by atoms with Crippen LogP contribution in [0.15, 0.2) is 68.9 Å². The van der Waals surface area contributed by atoms with Gasteiger partial charge in [-0.25, -0.2) is 10.2 Å². The number of fused-ring (bicyclic) bond motifs is 1. The molecule has 0 bridgehead atoms. The third-order valence-corrected chi connectivity index (χ3v) is 3.49. The van der Waals surface area contributed by atoms with Crippen LogP contribution in [0.25, 0.3) is 11.0 Å². The molecule has 0 atom stereocenters. The summed E-state index contributed by atoms with van der Waals surface area (Å²) in [5.74, 6) is -0.469. The van der Waals surface area contributed by atoms with Crippen LogP contribution < -0.4 is 11.1 Å². The maximum atomic E-state index is 12.0. The first kappa shape index (κ1) is 15.5. The van der Waals surface area contributed by atoms with E-state index in [2.05, 4.69) is 10.5 Å². The Labute approximate surface area is 137 Å². The normalized spacial score (nSPS) is 11.5. The molecule has 0 aliphatic rings. The maximum absolute atomic E-state index is 12.0. The van der Waals surface area contributed by atoms with Crippen LogP contribution in [0.1, 0.15) is 22.8 Å².